The molecule has 1 unspecified atom stereocenters. The molecule has 3 N–H and O–H groups in total. The number of fused-ring (bicyclic) bond motifs is 1. The highest BCUT2D eigenvalue weighted by Gasteiger charge is 2.18. The monoisotopic (exact) mass is 378 g/mol. The van der Waals surface area contributed by atoms with Gasteiger partial charge in [0.2, 0.25) is 0 Å². The van der Waals surface area contributed by atoms with Crippen molar-refractivity contribution < 1.29 is 19.4 Å². The third kappa shape index (κ3) is 4.47. The molecular weight excluding hydrogens is 356 g/mol. The van der Waals surface area contributed by atoms with E-state index >= 15 is 0 Å². The summed E-state index contributed by atoms with van der Waals surface area (Å²) in [7, 11) is 0. The molecule has 1 atom stereocenters. The highest BCUT2D eigenvalue weighted by atomic mass is 16.5. The van der Waals surface area contributed by atoms with Crippen LogP contribution < -0.4 is 15.4 Å². The van der Waals surface area contributed by atoms with Crippen molar-refractivity contribution in [2.45, 2.75) is 13.0 Å². The number of hydrogen-bond acceptors (Lipinski definition) is 4. The molecule has 0 fully saturated rings. The van der Waals surface area contributed by atoms with E-state index in [9.17, 15) is 14.7 Å². The number of rotatable bonds is 6. The lowest BCUT2D eigenvalue weighted by Gasteiger charge is -2.15. The second kappa shape index (κ2) is 9.01. The molecule has 0 saturated heterocycles. The summed E-state index contributed by atoms with van der Waals surface area (Å²) in [5, 5.41) is 17.4. The van der Waals surface area contributed by atoms with E-state index < -0.39 is 17.9 Å². The standard InChI is InChI=1S/C22H22N2O4/c1-2-28-20-13-6-5-12-18(20)24-22(27)21(26)23-14-19(25)17-11-7-9-15-8-3-4-10-16(15)17/h3-13,19,25H,2,14H2,1H3,(H,23,26)(H,24,27). The smallest absolute Gasteiger partial charge is 0.313 e. The summed E-state index contributed by atoms with van der Waals surface area (Å²) < 4.78 is 5.43. The molecule has 0 aliphatic carbocycles. The van der Waals surface area contributed by atoms with Crippen molar-refractivity contribution >= 4 is 28.3 Å². The van der Waals surface area contributed by atoms with Crippen LogP contribution in [-0.2, 0) is 9.59 Å². The van der Waals surface area contributed by atoms with Gasteiger partial charge in [-0.05, 0) is 35.4 Å². The lowest BCUT2D eigenvalue weighted by molar-refractivity contribution is -0.136. The van der Waals surface area contributed by atoms with Crippen LogP contribution in [0.15, 0.2) is 66.7 Å². The minimum Gasteiger partial charge on any atom is -0.492 e. The van der Waals surface area contributed by atoms with E-state index in [0.29, 0.717) is 23.6 Å². The van der Waals surface area contributed by atoms with Crippen LogP contribution in [0.4, 0.5) is 5.69 Å². The Labute approximate surface area is 163 Å². The maximum atomic E-state index is 12.2. The van der Waals surface area contributed by atoms with Crippen molar-refractivity contribution in [1.29, 1.82) is 0 Å². The van der Waals surface area contributed by atoms with E-state index in [0.717, 1.165) is 10.8 Å². The van der Waals surface area contributed by atoms with Crippen molar-refractivity contribution in [3.05, 3.63) is 72.3 Å². The first-order valence-electron chi connectivity index (χ1n) is 9.07. The Hall–Kier alpha value is -3.38. The van der Waals surface area contributed by atoms with Gasteiger partial charge in [-0.15, -0.1) is 0 Å². The number of aliphatic hydroxyl groups excluding tert-OH is 1. The molecule has 3 aromatic carbocycles. The summed E-state index contributed by atoms with van der Waals surface area (Å²) in [6.07, 6.45) is -0.932. The van der Waals surface area contributed by atoms with Crippen LogP contribution in [0, 0.1) is 0 Å². The number of nitrogens with one attached hydrogen (secondary N) is 2. The largest absolute Gasteiger partial charge is 0.492 e. The number of hydrogen-bond donors (Lipinski definition) is 3. The number of anilines is 1. The second-order valence-corrected chi connectivity index (χ2v) is 6.18. The highest BCUT2D eigenvalue weighted by Crippen LogP contribution is 2.24. The zero-order valence-electron chi connectivity index (χ0n) is 15.5. The first-order valence-corrected chi connectivity index (χ1v) is 9.07. The number of carbonyl (C=O) groups excluding carboxylic acids is 2. The maximum Gasteiger partial charge on any atom is 0.313 e. The summed E-state index contributed by atoms with van der Waals surface area (Å²) >= 11 is 0. The van der Waals surface area contributed by atoms with Crippen molar-refractivity contribution in [3.8, 4) is 5.75 Å². The molecule has 6 heteroatoms. The fraction of sp³-hybridized carbons (Fsp3) is 0.182. The molecule has 0 heterocycles. The van der Waals surface area contributed by atoms with Crippen molar-refractivity contribution in [2.24, 2.45) is 0 Å². The van der Waals surface area contributed by atoms with Gasteiger partial charge in [0.05, 0.1) is 18.4 Å². The number of aliphatic hydroxyl groups is 1. The molecule has 2 amide bonds. The highest BCUT2D eigenvalue weighted by molar-refractivity contribution is 6.39. The number of amides is 2. The lowest BCUT2D eigenvalue weighted by atomic mass is 10.0. The Morgan fingerprint density at radius 3 is 2.50 bits per heavy atom. The molecule has 28 heavy (non-hydrogen) atoms. The van der Waals surface area contributed by atoms with Gasteiger partial charge in [-0.1, -0.05) is 54.6 Å². The average Bonchev–Trinajstić information content (AvgIpc) is 2.72. The van der Waals surface area contributed by atoms with E-state index in [-0.39, 0.29) is 6.54 Å². The fourth-order valence-electron chi connectivity index (χ4n) is 2.95. The van der Waals surface area contributed by atoms with Crippen LogP contribution in [0.5, 0.6) is 5.75 Å². The van der Waals surface area contributed by atoms with Gasteiger partial charge >= 0.3 is 11.8 Å². The molecule has 0 saturated carbocycles. The Balaban J connectivity index is 1.62. The van der Waals surface area contributed by atoms with Gasteiger partial charge in [0, 0.05) is 6.54 Å². The molecule has 0 aliphatic rings. The van der Waals surface area contributed by atoms with Gasteiger partial charge in [-0.25, -0.2) is 0 Å². The number of benzene rings is 3. The molecule has 0 aromatic heterocycles. The predicted octanol–water partition coefficient (Wildman–Crippen LogP) is 3.03. The lowest BCUT2D eigenvalue weighted by Crippen LogP contribution is -2.37. The molecule has 144 valence electrons. The van der Waals surface area contributed by atoms with Gasteiger partial charge in [0.25, 0.3) is 0 Å². The molecule has 3 aromatic rings. The Bertz CT molecular complexity index is 982. The summed E-state index contributed by atoms with van der Waals surface area (Å²) in [5.74, 6) is -1.16. The average molecular weight is 378 g/mol. The van der Waals surface area contributed by atoms with E-state index in [1.807, 2.05) is 43.3 Å². The summed E-state index contributed by atoms with van der Waals surface area (Å²) in [6.45, 7) is 2.20. The van der Waals surface area contributed by atoms with Gasteiger partial charge < -0.3 is 20.5 Å². The third-order valence-corrected chi connectivity index (χ3v) is 4.28. The van der Waals surface area contributed by atoms with E-state index in [1.54, 1.807) is 30.3 Å². The molecule has 6 nitrogen and oxygen atoms in total. The van der Waals surface area contributed by atoms with Gasteiger partial charge in [-0.2, -0.15) is 0 Å². The van der Waals surface area contributed by atoms with Crippen molar-refractivity contribution in [1.82, 2.24) is 5.32 Å². The zero-order chi connectivity index (χ0) is 19.9. The van der Waals surface area contributed by atoms with E-state index in [1.165, 1.54) is 0 Å². The molecule has 0 bridgehead atoms. The van der Waals surface area contributed by atoms with Crippen molar-refractivity contribution in [3.63, 3.8) is 0 Å². The Morgan fingerprint density at radius 1 is 0.964 bits per heavy atom. The molecular formula is C22H22N2O4. The molecule has 0 spiro atoms. The zero-order valence-corrected chi connectivity index (χ0v) is 15.5. The maximum absolute atomic E-state index is 12.2. The molecule has 0 aliphatic heterocycles. The van der Waals surface area contributed by atoms with Crippen LogP contribution in [0.1, 0.15) is 18.6 Å². The Kier molecular flexibility index (Phi) is 6.24. The second-order valence-electron chi connectivity index (χ2n) is 6.18. The number of para-hydroxylation sites is 2. The van der Waals surface area contributed by atoms with Crippen LogP contribution in [0.25, 0.3) is 10.8 Å². The van der Waals surface area contributed by atoms with Gasteiger partial charge in [0.1, 0.15) is 5.75 Å². The predicted molar refractivity (Wildman–Crippen MR) is 108 cm³/mol. The fourth-order valence-corrected chi connectivity index (χ4v) is 2.95. The SMILES string of the molecule is CCOc1ccccc1NC(=O)C(=O)NCC(O)c1cccc2ccccc12. The topological polar surface area (TPSA) is 87.7 Å². The third-order valence-electron chi connectivity index (χ3n) is 4.28. The van der Waals surface area contributed by atoms with E-state index in [2.05, 4.69) is 10.6 Å². The number of ether oxygens (including phenoxy) is 1. The summed E-state index contributed by atoms with van der Waals surface area (Å²) in [6, 6.07) is 20.2. The first kappa shape index (κ1) is 19.4. The van der Waals surface area contributed by atoms with Gasteiger partial charge in [-0.3, -0.25) is 9.59 Å². The summed E-state index contributed by atoms with van der Waals surface area (Å²) in [5.41, 5.74) is 1.11. The van der Waals surface area contributed by atoms with Crippen LogP contribution in [0.2, 0.25) is 0 Å². The quantitative estimate of drug-likeness (QED) is 0.576. The summed E-state index contributed by atoms with van der Waals surface area (Å²) in [4.78, 5) is 24.3. The minimum absolute atomic E-state index is 0.0760. The van der Waals surface area contributed by atoms with Crippen LogP contribution in [0.3, 0.4) is 0 Å². The number of carbonyl (C=O) groups is 2. The Morgan fingerprint density at radius 2 is 1.68 bits per heavy atom. The normalized spacial score (nSPS) is 11.6. The molecule has 0 radical (unpaired) electrons. The van der Waals surface area contributed by atoms with Crippen LogP contribution >= 0.6 is 0 Å². The van der Waals surface area contributed by atoms with Crippen LogP contribution in [-0.4, -0.2) is 30.1 Å². The van der Waals surface area contributed by atoms with E-state index in [4.69, 9.17) is 4.74 Å². The van der Waals surface area contributed by atoms with Gasteiger partial charge in [0.15, 0.2) is 0 Å². The minimum atomic E-state index is -0.932. The molecule has 3 rings (SSSR count). The van der Waals surface area contributed by atoms with Crippen molar-refractivity contribution in [2.75, 3.05) is 18.5 Å². The first-order chi connectivity index (χ1) is 13.6.